The molecule has 1 aromatic carbocycles. The molecular weight excluding hydrogens is 304 g/mol. The van der Waals surface area contributed by atoms with E-state index in [-0.39, 0.29) is 13.2 Å². The number of alkyl halides is 3. The van der Waals surface area contributed by atoms with Gasteiger partial charge in [0.2, 0.25) is 0 Å². The van der Waals surface area contributed by atoms with Crippen LogP contribution in [-0.2, 0) is 19.8 Å². The number of rotatable bonds is 7. The third-order valence-corrected chi connectivity index (χ3v) is 5.65. The van der Waals surface area contributed by atoms with Gasteiger partial charge in [0.1, 0.15) is 0 Å². The first-order valence-corrected chi connectivity index (χ1v) is 8.45. The summed E-state index contributed by atoms with van der Waals surface area (Å²) in [6.07, 6.45) is -4.08. The van der Waals surface area contributed by atoms with E-state index < -0.39 is 25.0 Å². The molecule has 0 spiro atoms. The lowest BCUT2D eigenvalue weighted by atomic mass is 10.1. The van der Waals surface area contributed by atoms with Crippen LogP contribution < -0.4 is 0 Å². The summed E-state index contributed by atoms with van der Waals surface area (Å²) >= 11 is 0. The molecule has 0 aliphatic carbocycles. The van der Waals surface area contributed by atoms with Crippen LogP contribution in [0.3, 0.4) is 0 Å². The molecule has 0 aliphatic rings. The van der Waals surface area contributed by atoms with Crippen LogP contribution in [0, 0.1) is 0 Å². The van der Waals surface area contributed by atoms with Crippen LogP contribution in [0.4, 0.5) is 13.2 Å². The van der Waals surface area contributed by atoms with Crippen LogP contribution in [0.15, 0.2) is 24.3 Å². The summed E-state index contributed by atoms with van der Waals surface area (Å²) in [5, 5.41) is 0. The van der Waals surface area contributed by atoms with Crippen molar-refractivity contribution < 1.29 is 26.8 Å². The highest BCUT2D eigenvalue weighted by atomic mass is 31.2. The summed E-state index contributed by atoms with van der Waals surface area (Å²) in [6.45, 7) is 5.43. The van der Waals surface area contributed by atoms with Crippen molar-refractivity contribution in [2.45, 2.75) is 39.0 Å². The van der Waals surface area contributed by atoms with Crippen molar-refractivity contribution in [1.82, 2.24) is 0 Å². The van der Waals surface area contributed by atoms with E-state index in [1.807, 2.05) is 0 Å². The molecule has 1 unspecified atom stereocenters. The average molecular weight is 324 g/mol. The first-order chi connectivity index (χ1) is 9.78. The van der Waals surface area contributed by atoms with Gasteiger partial charge in [-0.05, 0) is 31.9 Å². The van der Waals surface area contributed by atoms with Gasteiger partial charge in [0, 0.05) is 0 Å². The van der Waals surface area contributed by atoms with Gasteiger partial charge >= 0.3 is 13.8 Å². The van der Waals surface area contributed by atoms with E-state index in [1.165, 1.54) is 12.1 Å². The van der Waals surface area contributed by atoms with Crippen LogP contribution in [0.2, 0.25) is 0 Å². The highest BCUT2D eigenvalue weighted by Gasteiger charge is 2.37. The minimum Gasteiger partial charge on any atom is -0.308 e. The molecule has 1 atom stereocenters. The van der Waals surface area contributed by atoms with Gasteiger partial charge in [-0.1, -0.05) is 25.1 Å². The lowest BCUT2D eigenvalue weighted by Crippen LogP contribution is -2.09. The molecule has 120 valence electrons. The van der Waals surface area contributed by atoms with Crippen LogP contribution in [-0.4, -0.2) is 13.2 Å². The van der Waals surface area contributed by atoms with Gasteiger partial charge in [0.15, 0.2) is 0 Å². The van der Waals surface area contributed by atoms with E-state index in [2.05, 4.69) is 0 Å². The van der Waals surface area contributed by atoms with Crippen LogP contribution in [0.1, 0.15) is 44.0 Å². The van der Waals surface area contributed by atoms with E-state index in [0.29, 0.717) is 12.0 Å². The van der Waals surface area contributed by atoms with E-state index in [9.17, 15) is 17.7 Å². The average Bonchev–Trinajstić information content (AvgIpc) is 2.39. The fourth-order valence-electron chi connectivity index (χ4n) is 2.14. The Bertz CT molecular complexity index is 492. The molecule has 0 radical (unpaired) electrons. The maximum Gasteiger partial charge on any atom is 0.416 e. The Morgan fingerprint density at radius 3 is 2.14 bits per heavy atom. The van der Waals surface area contributed by atoms with Gasteiger partial charge in [-0.2, -0.15) is 13.2 Å². The topological polar surface area (TPSA) is 35.5 Å². The maximum absolute atomic E-state index is 12.8. The molecule has 0 amide bonds. The maximum atomic E-state index is 12.8. The molecule has 0 saturated heterocycles. The molecule has 21 heavy (non-hydrogen) atoms. The van der Waals surface area contributed by atoms with Crippen LogP contribution in [0.5, 0.6) is 0 Å². The Labute approximate surface area is 123 Å². The van der Waals surface area contributed by atoms with Crippen molar-refractivity contribution in [3.05, 3.63) is 35.4 Å². The van der Waals surface area contributed by atoms with E-state index >= 15 is 0 Å². The highest BCUT2D eigenvalue weighted by Crippen LogP contribution is 2.62. The molecule has 7 heteroatoms. The minimum absolute atomic E-state index is 0.173. The van der Waals surface area contributed by atoms with Crippen molar-refractivity contribution >= 4 is 7.60 Å². The first-order valence-electron chi connectivity index (χ1n) is 6.84. The predicted molar refractivity (Wildman–Crippen MR) is 75.3 cm³/mol. The standard InChI is InChI=1S/C14H20F3O3P/c1-4-13(21(18,19-5-2)20-6-3)11-8-7-9-12(10-11)14(15,16)17/h7-10,13H,4-6H2,1-3H3. The van der Waals surface area contributed by atoms with Gasteiger partial charge in [-0.3, -0.25) is 4.57 Å². The van der Waals surface area contributed by atoms with Crippen LogP contribution >= 0.6 is 7.60 Å². The predicted octanol–water partition coefficient (Wildman–Crippen LogP) is 5.42. The quantitative estimate of drug-likeness (QED) is 0.628. The van der Waals surface area contributed by atoms with Gasteiger partial charge < -0.3 is 9.05 Å². The van der Waals surface area contributed by atoms with E-state index in [0.717, 1.165) is 12.1 Å². The number of hydrogen-bond donors (Lipinski definition) is 0. The lowest BCUT2D eigenvalue weighted by Gasteiger charge is -2.26. The molecule has 0 heterocycles. The van der Waals surface area contributed by atoms with E-state index in [4.69, 9.17) is 9.05 Å². The fraction of sp³-hybridized carbons (Fsp3) is 0.571. The number of halogens is 3. The molecule has 1 aromatic rings. The molecule has 3 nitrogen and oxygen atoms in total. The second-order valence-electron chi connectivity index (χ2n) is 4.42. The summed E-state index contributed by atoms with van der Waals surface area (Å²) in [4.78, 5) is 0. The summed E-state index contributed by atoms with van der Waals surface area (Å²) in [5.74, 6) is 0. The molecule has 0 aromatic heterocycles. The lowest BCUT2D eigenvalue weighted by molar-refractivity contribution is -0.137. The molecule has 0 aliphatic heterocycles. The molecule has 1 rings (SSSR count). The Morgan fingerprint density at radius 1 is 1.14 bits per heavy atom. The Kier molecular flexibility index (Phi) is 6.44. The molecule has 0 saturated carbocycles. The second-order valence-corrected chi connectivity index (χ2v) is 6.64. The zero-order valence-electron chi connectivity index (χ0n) is 12.3. The summed E-state index contributed by atoms with van der Waals surface area (Å²) in [7, 11) is -3.49. The van der Waals surface area contributed by atoms with Crippen molar-refractivity contribution in [2.24, 2.45) is 0 Å². The summed E-state index contributed by atoms with van der Waals surface area (Å²) in [5.41, 5.74) is -1.16. The zero-order chi connectivity index (χ0) is 16.1. The number of benzene rings is 1. The highest BCUT2D eigenvalue weighted by molar-refractivity contribution is 7.54. The second kappa shape index (κ2) is 7.43. The van der Waals surface area contributed by atoms with Gasteiger partial charge in [0.05, 0.1) is 24.4 Å². The number of hydrogen-bond acceptors (Lipinski definition) is 3. The molecular formula is C14H20F3O3P. The zero-order valence-corrected chi connectivity index (χ0v) is 13.2. The normalized spacial score (nSPS) is 14.2. The third-order valence-electron chi connectivity index (χ3n) is 2.99. The van der Waals surface area contributed by atoms with Gasteiger partial charge in [0.25, 0.3) is 0 Å². The monoisotopic (exact) mass is 324 g/mol. The molecule has 0 bridgehead atoms. The van der Waals surface area contributed by atoms with E-state index in [1.54, 1.807) is 20.8 Å². The van der Waals surface area contributed by atoms with Gasteiger partial charge in [-0.15, -0.1) is 0 Å². The Morgan fingerprint density at radius 2 is 1.71 bits per heavy atom. The summed E-state index contributed by atoms with van der Waals surface area (Å²) in [6, 6.07) is 4.83. The SMILES string of the molecule is CCOP(=O)(OCC)C(CC)c1cccc(C(F)(F)F)c1. The summed E-state index contributed by atoms with van der Waals surface area (Å²) < 4.78 is 61.7. The third kappa shape index (κ3) is 4.56. The minimum atomic E-state index is -4.44. The largest absolute Gasteiger partial charge is 0.416 e. The smallest absolute Gasteiger partial charge is 0.308 e. The van der Waals surface area contributed by atoms with Crippen molar-refractivity contribution in [3.63, 3.8) is 0 Å². The Balaban J connectivity index is 3.23. The van der Waals surface area contributed by atoms with Gasteiger partial charge in [-0.25, -0.2) is 0 Å². The fourth-order valence-corrected chi connectivity index (χ4v) is 4.27. The molecule has 0 fully saturated rings. The van der Waals surface area contributed by atoms with Crippen molar-refractivity contribution in [3.8, 4) is 0 Å². The van der Waals surface area contributed by atoms with Crippen LogP contribution in [0.25, 0.3) is 0 Å². The Hall–Kier alpha value is -0.840. The first kappa shape index (κ1) is 18.2. The molecule has 0 N–H and O–H groups in total. The van der Waals surface area contributed by atoms with Crippen molar-refractivity contribution in [2.75, 3.05) is 13.2 Å². The van der Waals surface area contributed by atoms with Crippen molar-refractivity contribution in [1.29, 1.82) is 0 Å².